The van der Waals surface area contributed by atoms with E-state index < -0.39 is 18.0 Å². The van der Waals surface area contributed by atoms with Gasteiger partial charge in [-0.2, -0.15) is 11.8 Å². The van der Waals surface area contributed by atoms with E-state index in [4.69, 9.17) is 11.5 Å². The molecule has 0 saturated carbocycles. The molecule has 5 nitrogen and oxygen atoms in total. The average Bonchev–Trinajstić information content (AvgIpc) is 1.96. The first-order chi connectivity index (χ1) is 5.57. The van der Waals surface area contributed by atoms with Gasteiger partial charge >= 0.3 is 6.03 Å². The van der Waals surface area contributed by atoms with Crippen molar-refractivity contribution in [3.05, 3.63) is 0 Å². The van der Waals surface area contributed by atoms with Crippen molar-refractivity contribution in [1.29, 1.82) is 0 Å². The standard InChI is InChI=1S/C6H13N3O2S/c1-12-3-2-4(5(7)10)9-6(8)11/h4H,2-3H2,1H3,(H2,7,10)(H3,8,9,11). The number of hydrogen-bond acceptors (Lipinski definition) is 3. The van der Waals surface area contributed by atoms with Crippen molar-refractivity contribution < 1.29 is 9.59 Å². The number of nitrogens with two attached hydrogens (primary N) is 2. The summed E-state index contributed by atoms with van der Waals surface area (Å²) in [5.74, 6) is 0.205. The van der Waals surface area contributed by atoms with Crippen LogP contribution in [0, 0.1) is 0 Å². The van der Waals surface area contributed by atoms with Crippen molar-refractivity contribution >= 4 is 23.7 Å². The molecule has 0 heterocycles. The second kappa shape index (κ2) is 5.70. The average molecular weight is 191 g/mol. The molecule has 0 aliphatic carbocycles. The minimum absolute atomic E-state index is 0.513. The van der Waals surface area contributed by atoms with Gasteiger partial charge in [0.15, 0.2) is 0 Å². The van der Waals surface area contributed by atoms with Gasteiger partial charge in [0.2, 0.25) is 5.91 Å². The minimum atomic E-state index is -0.722. The normalized spacial score (nSPS) is 12.1. The van der Waals surface area contributed by atoms with Gasteiger partial charge in [-0.1, -0.05) is 0 Å². The molecular formula is C6H13N3O2S. The van der Waals surface area contributed by atoms with Gasteiger partial charge < -0.3 is 16.8 Å². The number of hydrogen-bond donors (Lipinski definition) is 3. The van der Waals surface area contributed by atoms with Gasteiger partial charge in [-0.3, -0.25) is 4.79 Å². The number of thioether (sulfide) groups is 1. The number of nitrogens with one attached hydrogen (secondary N) is 1. The summed E-state index contributed by atoms with van der Waals surface area (Å²) in [6.45, 7) is 0. The van der Waals surface area contributed by atoms with Crippen LogP contribution in [0.4, 0.5) is 4.79 Å². The fraction of sp³-hybridized carbons (Fsp3) is 0.667. The van der Waals surface area contributed by atoms with Gasteiger partial charge in [-0.25, -0.2) is 4.79 Å². The number of carbonyl (C=O) groups excluding carboxylic acids is 2. The third kappa shape index (κ3) is 4.84. The molecule has 0 aromatic heterocycles. The zero-order valence-corrected chi connectivity index (χ0v) is 7.69. The van der Waals surface area contributed by atoms with Gasteiger partial charge in [0, 0.05) is 0 Å². The van der Waals surface area contributed by atoms with Crippen LogP contribution < -0.4 is 16.8 Å². The van der Waals surface area contributed by atoms with Crippen LogP contribution >= 0.6 is 11.8 Å². The molecule has 0 aliphatic heterocycles. The molecule has 6 heteroatoms. The van der Waals surface area contributed by atoms with Crippen LogP contribution in [-0.4, -0.2) is 30.0 Å². The first kappa shape index (κ1) is 11.1. The summed E-state index contributed by atoms with van der Waals surface area (Å²) in [5, 5.41) is 2.27. The van der Waals surface area contributed by atoms with Gasteiger partial charge in [-0.05, 0) is 18.4 Å². The lowest BCUT2D eigenvalue weighted by atomic mass is 10.2. The van der Waals surface area contributed by atoms with Gasteiger partial charge in [0.25, 0.3) is 0 Å². The highest BCUT2D eigenvalue weighted by molar-refractivity contribution is 7.98. The maximum atomic E-state index is 10.7. The van der Waals surface area contributed by atoms with Crippen molar-refractivity contribution in [2.75, 3.05) is 12.0 Å². The Morgan fingerprint density at radius 3 is 2.42 bits per heavy atom. The molecule has 5 N–H and O–H groups in total. The third-order valence-electron chi connectivity index (χ3n) is 1.27. The van der Waals surface area contributed by atoms with E-state index in [0.717, 1.165) is 5.75 Å². The monoisotopic (exact) mass is 191 g/mol. The highest BCUT2D eigenvalue weighted by atomic mass is 32.2. The fourth-order valence-electron chi connectivity index (χ4n) is 0.693. The van der Waals surface area contributed by atoms with E-state index in [2.05, 4.69) is 5.32 Å². The highest BCUT2D eigenvalue weighted by Gasteiger charge is 2.15. The summed E-state index contributed by atoms with van der Waals surface area (Å²) in [7, 11) is 0. The Morgan fingerprint density at radius 2 is 2.08 bits per heavy atom. The summed E-state index contributed by atoms with van der Waals surface area (Å²) >= 11 is 1.57. The van der Waals surface area contributed by atoms with Gasteiger partial charge in [0.1, 0.15) is 6.04 Å². The van der Waals surface area contributed by atoms with Crippen molar-refractivity contribution in [1.82, 2.24) is 5.32 Å². The molecule has 0 aromatic carbocycles. The minimum Gasteiger partial charge on any atom is -0.368 e. The van der Waals surface area contributed by atoms with E-state index in [1.54, 1.807) is 11.8 Å². The molecule has 1 unspecified atom stereocenters. The SMILES string of the molecule is CSCCC(NC(N)=O)C(N)=O. The lowest BCUT2D eigenvalue weighted by Crippen LogP contribution is -2.46. The smallest absolute Gasteiger partial charge is 0.312 e. The van der Waals surface area contributed by atoms with Crippen LogP contribution in [0.1, 0.15) is 6.42 Å². The van der Waals surface area contributed by atoms with E-state index in [1.807, 2.05) is 6.26 Å². The number of carbonyl (C=O) groups is 2. The van der Waals surface area contributed by atoms with Crippen LogP contribution in [0.2, 0.25) is 0 Å². The number of urea groups is 1. The molecule has 0 fully saturated rings. The lowest BCUT2D eigenvalue weighted by Gasteiger charge is -2.12. The molecule has 0 aliphatic rings. The molecule has 0 saturated heterocycles. The summed E-state index contributed by atoms with van der Waals surface area (Å²) in [5.41, 5.74) is 9.85. The Hall–Kier alpha value is -0.910. The van der Waals surface area contributed by atoms with Gasteiger partial charge in [0.05, 0.1) is 0 Å². The molecule has 0 aromatic rings. The third-order valence-corrected chi connectivity index (χ3v) is 1.91. The molecule has 0 spiro atoms. The van der Waals surface area contributed by atoms with Crippen LogP contribution in [0.3, 0.4) is 0 Å². The number of primary amides is 2. The molecule has 0 rings (SSSR count). The Balaban J connectivity index is 3.87. The van der Waals surface area contributed by atoms with Crippen molar-refractivity contribution in [2.24, 2.45) is 11.5 Å². The topological polar surface area (TPSA) is 98.2 Å². The zero-order valence-electron chi connectivity index (χ0n) is 6.87. The molecule has 3 amide bonds. The molecule has 70 valence electrons. The second-order valence-corrected chi connectivity index (χ2v) is 3.23. The summed E-state index contributed by atoms with van der Waals surface area (Å²) in [4.78, 5) is 21.1. The lowest BCUT2D eigenvalue weighted by molar-refractivity contribution is -0.119. The Kier molecular flexibility index (Phi) is 5.27. The first-order valence-electron chi connectivity index (χ1n) is 3.42. The predicted molar refractivity (Wildman–Crippen MR) is 48.7 cm³/mol. The van der Waals surface area contributed by atoms with Crippen LogP contribution in [0.5, 0.6) is 0 Å². The molecule has 12 heavy (non-hydrogen) atoms. The van der Waals surface area contributed by atoms with Crippen molar-refractivity contribution in [3.63, 3.8) is 0 Å². The molecular weight excluding hydrogens is 178 g/mol. The summed E-state index contributed by atoms with van der Waals surface area (Å²) in [6, 6.07) is -1.37. The Morgan fingerprint density at radius 1 is 1.50 bits per heavy atom. The van der Waals surface area contributed by atoms with Crippen LogP contribution in [-0.2, 0) is 4.79 Å². The quantitative estimate of drug-likeness (QED) is 0.534. The number of rotatable bonds is 5. The van der Waals surface area contributed by atoms with Gasteiger partial charge in [-0.15, -0.1) is 0 Å². The van der Waals surface area contributed by atoms with Crippen LogP contribution in [0.15, 0.2) is 0 Å². The zero-order chi connectivity index (χ0) is 9.56. The fourth-order valence-corrected chi connectivity index (χ4v) is 1.16. The summed E-state index contributed by atoms with van der Waals surface area (Å²) in [6.07, 6.45) is 2.42. The van der Waals surface area contributed by atoms with Crippen molar-refractivity contribution in [3.8, 4) is 0 Å². The molecule has 0 bridgehead atoms. The summed E-state index contributed by atoms with van der Waals surface area (Å²) < 4.78 is 0. The first-order valence-corrected chi connectivity index (χ1v) is 4.81. The van der Waals surface area contributed by atoms with E-state index in [9.17, 15) is 9.59 Å². The maximum Gasteiger partial charge on any atom is 0.312 e. The second-order valence-electron chi connectivity index (χ2n) is 2.25. The highest BCUT2D eigenvalue weighted by Crippen LogP contribution is 1.99. The van der Waals surface area contributed by atoms with Crippen molar-refractivity contribution in [2.45, 2.75) is 12.5 Å². The molecule has 1 atom stereocenters. The maximum absolute atomic E-state index is 10.7. The van der Waals surface area contributed by atoms with Crippen LogP contribution in [0.25, 0.3) is 0 Å². The van der Waals surface area contributed by atoms with E-state index in [1.165, 1.54) is 0 Å². The molecule has 0 radical (unpaired) electrons. The van der Waals surface area contributed by atoms with E-state index >= 15 is 0 Å². The predicted octanol–water partition coefficient (Wildman–Crippen LogP) is -0.738. The largest absolute Gasteiger partial charge is 0.368 e. The number of amides is 3. The van der Waals surface area contributed by atoms with E-state index in [-0.39, 0.29) is 0 Å². The Bertz CT molecular complexity index is 174. The van der Waals surface area contributed by atoms with E-state index in [0.29, 0.717) is 6.42 Å². The Labute approximate surface area is 75.2 Å².